The van der Waals surface area contributed by atoms with Crippen LogP contribution in [0, 0.1) is 0 Å². The fourth-order valence-electron chi connectivity index (χ4n) is 1.33. The summed E-state index contributed by atoms with van der Waals surface area (Å²) in [5.41, 5.74) is 0.511. The highest BCUT2D eigenvalue weighted by molar-refractivity contribution is 5.99. The van der Waals surface area contributed by atoms with Crippen molar-refractivity contribution in [2.45, 2.75) is 12.8 Å². The molecule has 0 bridgehead atoms. The standard InChI is InChI=1S/C13H15F2NO3/c14-12(15)9-19-7-6-13(18)16-8-11(17)10-4-2-1-3-5-10/h1-5,12H,6-9H2,(H,16,18). The monoisotopic (exact) mass is 271 g/mol. The number of ether oxygens (including phenoxy) is 1. The van der Waals surface area contributed by atoms with Crippen molar-refractivity contribution in [2.75, 3.05) is 19.8 Å². The van der Waals surface area contributed by atoms with Crippen LogP contribution in [0.1, 0.15) is 16.8 Å². The lowest BCUT2D eigenvalue weighted by Crippen LogP contribution is -2.30. The van der Waals surface area contributed by atoms with Gasteiger partial charge < -0.3 is 10.1 Å². The van der Waals surface area contributed by atoms with Crippen LogP contribution >= 0.6 is 0 Å². The summed E-state index contributed by atoms with van der Waals surface area (Å²) in [6.45, 7) is -0.885. The number of hydrogen-bond donors (Lipinski definition) is 1. The van der Waals surface area contributed by atoms with E-state index >= 15 is 0 Å². The Bertz CT molecular complexity index is 410. The molecule has 0 radical (unpaired) electrons. The number of rotatable bonds is 8. The fraction of sp³-hybridized carbons (Fsp3) is 0.385. The van der Waals surface area contributed by atoms with Crippen molar-refractivity contribution in [1.82, 2.24) is 5.32 Å². The van der Waals surface area contributed by atoms with Crippen LogP contribution in [-0.2, 0) is 9.53 Å². The number of halogens is 2. The van der Waals surface area contributed by atoms with E-state index < -0.39 is 18.9 Å². The molecule has 1 aromatic rings. The van der Waals surface area contributed by atoms with Crippen molar-refractivity contribution in [3.63, 3.8) is 0 Å². The Balaban J connectivity index is 2.18. The molecule has 104 valence electrons. The topological polar surface area (TPSA) is 55.4 Å². The predicted molar refractivity (Wildman–Crippen MR) is 65.2 cm³/mol. The molecule has 1 rings (SSSR count). The SMILES string of the molecule is O=C(CCOCC(F)F)NCC(=O)c1ccccc1. The molecule has 0 fully saturated rings. The molecule has 0 aromatic heterocycles. The van der Waals surface area contributed by atoms with Gasteiger partial charge >= 0.3 is 0 Å². The van der Waals surface area contributed by atoms with Gasteiger partial charge in [-0.3, -0.25) is 9.59 Å². The third-order valence-corrected chi connectivity index (χ3v) is 2.26. The number of carbonyl (C=O) groups excluding carboxylic acids is 2. The Hall–Kier alpha value is -1.82. The summed E-state index contributed by atoms with van der Waals surface area (Å²) in [5, 5.41) is 2.41. The minimum atomic E-state index is -2.54. The number of ketones is 1. The lowest BCUT2D eigenvalue weighted by atomic mass is 10.1. The molecule has 0 aliphatic rings. The van der Waals surface area contributed by atoms with Crippen LogP contribution in [0.5, 0.6) is 0 Å². The maximum absolute atomic E-state index is 11.7. The first kappa shape index (κ1) is 15.2. The van der Waals surface area contributed by atoms with E-state index in [2.05, 4.69) is 10.1 Å². The highest BCUT2D eigenvalue weighted by Crippen LogP contribution is 1.99. The normalized spacial score (nSPS) is 10.5. The van der Waals surface area contributed by atoms with Crippen LogP contribution in [0.4, 0.5) is 8.78 Å². The van der Waals surface area contributed by atoms with E-state index in [1.807, 2.05) is 0 Å². The van der Waals surface area contributed by atoms with Crippen molar-refractivity contribution >= 4 is 11.7 Å². The third-order valence-electron chi connectivity index (χ3n) is 2.26. The van der Waals surface area contributed by atoms with E-state index in [1.165, 1.54) is 0 Å². The second kappa shape index (κ2) is 8.31. The molecular weight excluding hydrogens is 256 g/mol. The minimum Gasteiger partial charge on any atom is -0.375 e. The highest BCUT2D eigenvalue weighted by Gasteiger charge is 2.08. The molecule has 0 saturated heterocycles. The Morgan fingerprint density at radius 3 is 2.53 bits per heavy atom. The number of alkyl halides is 2. The Morgan fingerprint density at radius 2 is 1.89 bits per heavy atom. The van der Waals surface area contributed by atoms with Gasteiger partial charge in [-0.2, -0.15) is 0 Å². The van der Waals surface area contributed by atoms with Gasteiger partial charge in [-0.05, 0) is 0 Å². The Labute approximate surface area is 109 Å². The molecule has 19 heavy (non-hydrogen) atoms. The second-order valence-corrected chi connectivity index (χ2v) is 3.78. The van der Waals surface area contributed by atoms with Gasteiger partial charge in [0.05, 0.1) is 13.2 Å². The van der Waals surface area contributed by atoms with Crippen molar-refractivity contribution < 1.29 is 23.1 Å². The molecule has 1 aromatic carbocycles. The van der Waals surface area contributed by atoms with Crippen molar-refractivity contribution in [1.29, 1.82) is 0 Å². The largest absolute Gasteiger partial charge is 0.375 e. The van der Waals surface area contributed by atoms with Crippen LogP contribution in [0.2, 0.25) is 0 Å². The predicted octanol–water partition coefficient (Wildman–Crippen LogP) is 1.66. The zero-order chi connectivity index (χ0) is 14.1. The fourth-order valence-corrected chi connectivity index (χ4v) is 1.33. The highest BCUT2D eigenvalue weighted by atomic mass is 19.3. The van der Waals surface area contributed by atoms with E-state index in [4.69, 9.17) is 0 Å². The van der Waals surface area contributed by atoms with Gasteiger partial charge in [-0.15, -0.1) is 0 Å². The lowest BCUT2D eigenvalue weighted by Gasteiger charge is -2.05. The van der Waals surface area contributed by atoms with Crippen molar-refractivity contribution in [3.05, 3.63) is 35.9 Å². The molecule has 0 heterocycles. The van der Waals surface area contributed by atoms with E-state index in [1.54, 1.807) is 30.3 Å². The summed E-state index contributed by atoms with van der Waals surface area (Å²) >= 11 is 0. The average molecular weight is 271 g/mol. The number of nitrogens with one attached hydrogen (secondary N) is 1. The number of hydrogen-bond acceptors (Lipinski definition) is 3. The van der Waals surface area contributed by atoms with Crippen molar-refractivity contribution in [3.8, 4) is 0 Å². The first-order chi connectivity index (χ1) is 9.09. The van der Waals surface area contributed by atoms with Gasteiger partial charge in [0.1, 0.15) is 6.61 Å². The first-order valence-electron chi connectivity index (χ1n) is 5.80. The number of amides is 1. The molecule has 0 spiro atoms. The van der Waals surface area contributed by atoms with Gasteiger partial charge in [0.2, 0.25) is 5.91 Å². The van der Waals surface area contributed by atoms with Gasteiger partial charge in [-0.25, -0.2) is 8.78 Å². The smallest absolute Gasteiger partial charge is 0.261 e. The summed E-state index contributed by atoms with van der Waals surface area (Å²) in [7, 11) is 0. The van der Waals surface area contributed by atoms with Gasteiger partial charge in [0.25, 0.3) is 6.43 Å². The van der Waals surface area contributed by atoms with E-state index in [0.29, 0.717) is 5.56 Å². The molecular formula is C13H15F2NO3. The van der Waals surface area contributed by atoms with Gasteiger partial charge in [0.15, 0.2) is 5.78 Å². The van der Waals surface area contributed by atoms with E-state index in [9.17, 15) is 18.4 Å². The summed E-state index contributed by atoms with van der Waals surface area (Å²) in [5.74, 6) is -0.610. The Kier molecular flexibility index (Phi) is 6.67. The molecule has 1 N–H and O–H groups in total. The molecule has 1 amide bonds. The van der Waals surface area contributed by atoms with E-state index in [-0.39, 0.29) is 25.4 Å². The van der Waals surface area contributed by atoms with Gasteiger partial charge in [-0.1, -0.05) is 30.3 Å². The molecule has 0 aliphatic carbocycles. The van der Waals surface area contributed by atoms with Crippen LogP contribution in [0.15, 0.2) is 30.3 Å². The summed E-state index contributed by atoms with van der Waals surface area (Å²) in [4.78, 5) is 22.9. The average Bonchev–Trinajstić information content (AvgIpc) is 2.41. The summed E-state index contributed by atoms with van der Waals surface area (Å²) in [6, 6.07) is 8.55. The second-order valence-electron chi connectivity index (χ2n) is 3.78. The molecule has 0 unspecified atom stereocenters. The zero-order valence-corrected chi connectivity index (χ0v) is 10.3. The maximum atomic E-state index is 11.7. The molecule has 0 atom stereocenters. The lowest BCUT2D eigenvalue weighted by molar-refractivity contribution is -0.122. The van der Waals surface area contributed by atoms with Gasteiger partial charge in [0, 0.05) is 12.0 Å². The van der Waals surface area contributed by atoms with Crippen LogP contribution in [0.25, 0.3) is 0 Å². The quantitative estimate of drug-likeness (QED) is 0.578. The van der Waals surface area contributed by atoms with Crippen molar-refractivity contribution in [2.24, 2.45) is 0 Å². The summed E-state index contributed by atoms with van der Waals surface area (Å²) in [6.07, 6.45) is -2.59. The molecule has 0 saturated carbocycles. The maximum Gasteiger partial charge on any atom is 0.261 e. The van der Waals surface area contributed by atoms with E-state index in [0.717, 1.165) is 0 Å². The first-order valence-corrected chi connectivity index (χ1v) is 5.80. The third kappa shape index (κ3) is 6.61. The molecule has 6 heteroatoms. The molecule has 4 nitrogen and oxygen atoms in total. The van der Waals surface area contributed by atoms with Crippen LogP contribution in [-0.4, -0.2) is 37.9 Å². The number of Topliss-reactive ketones (excluding diaryl/α,β-unsaturated/α-hetero) is 1. The zero-order valence-electron chi connectivity index (χ0n) is 10.3. The van der Waals surface area contributed by atoms with Crippen LogP contribution in [0.3, 0.4) is 0 Å². The molecule has 0 aliphatic heterocycles. The Morgan fingerprint density at radius 1 is 1.21 bits per heavy atom. The van der Waals surface area contributed by atoms with Crippen LogP contribution < -0.4 is 5.32 Å². The summed E-state index contributed by atoms with van der Waals surface area (Å²) < 4.78 is 28.0. The number of benzene rings is 1. The number of carbonyl (C=O) groups is 2. The minimum absolute atomic E-state index is 0.0468.